The van der Waals surface area contributed by atoms with Gasteiger partial charge in [-0.2, -0.15) is 0 Å². The van der Waals surface area contributed by atoms with Crippen LogP contribution >= 0.6 is 0 Å². The highest BCUT2D eigenvalue weighted by molar-refractivity contribution is 6.10. The second-order valence-electron chi connectivity index (χ2n) is 6.63. The fraction of sp³-hybridized carbons (Fsp3) is 0.238. The number of nitrogens with one attached hydrogen (secondary N) is 2. The summed E-state index contributed by atoms with van der Waals surface area (Å²) in [5, 5.41) is 5.36. The molecule has 1 heterocycles. The van der Waals surface area contributed by atoms with Crippen LogP contribution in [0.1, 0.15) is 36.2 Å². The Morgan fingerprint density at radius 3 is 2.43 bits per heavy atom. The van der Waals surface area contributed by atoms with E-state index in [-0.39, 0.29) is 5.78 Å². The number of anilines is 1. The van der Waals surface area contributed by atoms with E-state index in [1.807, 2.05) is 13.0 Å². The molecule has 1 saturated heterocycles. The molecule has 2 aromatic carbocycles. The van der Waals surface area contributed by atoms with Crippen LogP contribution in [0.5, 0.6) is 0 Å². The fourth-order valence-electron chi connectivity index (χ4n) is 3.29. The third-order valence-corrected chi connectivity index (χ3v) is 4.83. The molecule has 1 fully saturated rings. The molecule has 7 nitrogen and oxygen atoms in total. The molecule has 28 heavy (non-hydrogen) atoms. The molecular formula is C21H21N3O4. The van der Waals surface area contributed by atoms with E-state index in [1.165, 1.54) is 6.92 Å². The Bertz CT molecular complexity index is 942. The molecule has 4 amide bonds. The number of amides is 4. The first kappa shape index (κ1) is 19.3. The first-order valence-corrected chi connectivity index (χ1v) is 8.98. The molecule has 0 radical (unpaired) electrons. The largest absolute Gasteiger partial charge is 0.325 e. The first-order valence-electron chi connectivity index (χ1n) is 8.98. The Morgan fingerprint density at radius 2 is 1.79 bits per heavy atom. The van der Waals surface area contributed by atoms with Crippen molar-refractivity contribution in [1.29, 1.82) is 0 Å². The van der Waals surface area contributed by atoms with Crippen LogP contribution in [-0.2, 0) is 15.1 Å². The number of nitrogens with zero attached hydrogens (tertiary/aromatic N) is 1. The molecule has 0 bridgehead atoms. The second-order valence-corrected chi connectivity index (χ2v) is 6.63. The van der Waals surface area contributed by atoms with Gasteiger partial charge in [0, 0.05) is 11.3 Å². The molecule has 0 aliphatic carbocycles. The van der Waals surface area contributed by atoms with Crippen LogP contribution in [0.2, 0.25) is 0 Å². The molecule has 0 unspecified atom stereocenters. The summed E-state index contributed by atoms with van der Waals surface area (Å²) in [5.41, 5.74) is 0.386. The van der Waals surface area contributed by atoms with Crippen LogP contribution < -0.4 is 10.6 Å². The summed E-state index contributed by atoms with van der Waals surface area (Å²) in [7, 11) is 0. The Hall–Kier alpha value is -3.48. The summed E-state index contributed by atoms with van der Waals surface area (Å²) in [6.07, 6.45) is 0.361. The van der Waals surface area contributed by atoms with E-state index in [0.717, 1.165) is 4.90 Å². The van der Waals surface area contributed by atoms with Crippen LogP contribution in [-0.4, -0.2) is 35.1 Å². The quantitative estimate of drug-likeness (QED) is 0.596. The summed E-state index contributed by atoms with van der Waals surface area (Å²) in [5.74, 6) is -1.11. The van der Waals surface area contributed by atoms with Crippen molar-refractivity contribution in [2.24, 2.45) is 0 Å². The zero-order valence-corrected chi connectivity index (χ0v) is 15.7. The molecule has 144 valence electrons. The van der Waals surface area contributed by atoms with E-state index in [1.54, 1.807) is 48.5 Å². The Kier molecular flexibility index (Phi) is 5.26. The van der Waals surface area contributed by atoms with Gasteiger partial charge in [0.15, 0.2) is 5.78 Å². The minimum atomic E-state index is -1.17. The lowest BCUT2D eigenvalue weighted by Gasteiger charge is -2.25. The zero-order chi connectivity index (χ0) is 20.3. The lowest BCUT2D eigenvalue weighted by Crippen LogP contribution is -2.44. The number of benzene rings is 2. The van der Waals surface area contributed by atoms with E-state index in [9.17, 15) is 19.2 Å². The summed E-state index contributed by atoms with van der Waals surface area (Å²) in [4.78, 5) is 50.2. The maximum Gasteiger partial charge on any atom is 0.325 e. The Balaban J connectivity index is 1.76. The van der Waals surface area contributed by atoms with E-state index < -0.39 is 29.9 Å². The molecule has 3 rings (SSSR count). The lowest BCUT2D eigenvalue weighted by atomic mass is 9.87. The van der Waals surface area contributed by atoms with Crippen molar-refractivity contribution in [3.63, 3.8) is 0 Å². The normalized spacial score (nSPS) is 18.7. The van der Waals surface area contributed by atoms with Crippen molar-refractivity contribution in [3.05, 3.63) is 65.7 Å². The van der Waals surface area contributed by atoms with Crippen molar-refractivity contribution in [2.45, 2.75) is 25.8 Å². The summed E-state index contributed by atoms with van der Waals surface area (Å²) in [6.45, 7) is 2.83. The smallest absolute Gasteiger partial charge is 0.325 e. The maximum absolute atomic E-state index is 13.0. The standard InChI is InChI=1S/C21H21N3O4/c1-3-21(16-9-5-4-6-10-16)19(27)24(20(28)23-21)13-18(26)22-17-11-7-8-15(12-17)14(2)25/h4-12H,3,13H2,1-2H3,(H,22,26)(H,23,28)/t21-/m1/s1. The van der Waals surface area contributed by atoms with Crippen LogP contribution in [0.3, 0.4) is 0 Å². The maximum atomic E-state index is 13.0. The average Bonchev–Trinajstić information content (AvgIpc) is 2.94. The van der Waals surface area contributed by atoms with Crippen molar-refractivity contribution < 1.29 is 19.2 Å². The van der Waals surface area contributed by atoms with Crippen molar-refractivity contribution >= 4 is 29.3 Å². The molecule has 0 saturated carbocycles. The van der Waals surface area contributed by atoms with Crippen LogP contribution in [0, 0.1) is 0 Å². The molecule has 1 aliphatic heterocycles. The van der Waals surface area contributed by atoms with Gasteiger partial charge in [-0.1, -0.05) is 49.4 Å². The number of urea groups is 1. The highest BCUT2D eigenvalue weighted by Gasteiger charge is 2.51. The molecule has 2 aromatic rings. The number of ketones is 1. The minimum Gasteiger partial charge on any atom is -0.325 e. The summed E-state index contributed by atoms with van der Waals surface area (Å²) < 4.78 is 0. The van der Waals surface area contributed by atoms with Gasteiger partial charge in [-0.15, -0.1) is 0 Å². The molecular weight excluding hydrogens is 358 g/mol. The van der Waals surface area contributed by atoms with Gasteiger partial charge in [0.05, 0.1) is 0 Å². The SMILES string of the molecule is CC[C@]1(c2ccccc2)NC(=O)N(CC(=O)Nc2cccc(C(C)=O)c2)C1=O. The number of Topliss-reactive ketones (excluding diaryl/α,β-unsaturated/α-hetero) is 1. The summed E-state index contributed by atoms with van der Waals surface area (Å²) >= 11 is 0. The van der Waals surface area contributed by atoms with E-state index in [2.05, 4.69) is 10.6 Å². The van der Waals surface area contributed by atoms with Crippen molar-refractivity contribution in [2.75, 3.05) is 11.9 Å². The van der Waals surface area contributed by atoms with Gasteiger partial charge < -0.3 is 10.6 Å². The highest BCUT2D eigenvalue weighted by Crippen LogP contribution is 2.32. The number of rotatable bonds is 6. The van der Waals surface area contributed by atoms with Crippen LogP contribution in [0.4, 0.5) is 10.5 Å². The third kappa shape index (κ3) is 3.51. The van der Waals surface area contributed by atoms with Crippen molar-refractivity contribution in [3.8, 4) is 0 Å². The molecule has 7 heteroatoms. The predicted molar refractivity (Wildman–Crippen MR) is 104 cm³/mol. The van der Waals surface area contributed by atoms with E-state index >= 15 is 0 Å². The zero-order valence-electron chi connectivity index (χ0n) is 15.7. The minimum absolute atomic E-state index is 0.124. The van der Waals surface area contributed by atoms with Crippen LogP contribution in [0.15, 0.2) is 54.6 Å². The van der Waals surface area contributed by atoms with Gasteiger partial charge in [0.1, 0.15) is 12.1 Å². The van der Waals surface area contributed by atoms with Gasteiger partial charge in [0.25, 0.3) is 5.91 Å². The van der Waals surface area contributed by atoms with Crippen LogP contribution in [0.25, 0.3) is 0 Å². The molecule has 1 aliphatic rings. The topological polar surface area (TPSA) is 95.6 Å². The van der Waals surface area contributed by atoms with Gasteiger partial charge in [-0.05, 0) is 31.0 Å². The van der Waals surface area contributed by atoms with Gasteiger partial charge >= 0.3 is 6.03 Å². The number of carbonyl (C=O) groups excluding carboxylic acids is 4. The number of hydrogen-bond donors (Lipinski definition) is 2. The molecule has 0 aromatic heterocycles. The second kappa shape index (κ2) is 7.64. The first-order chi connectivity index (χ1) is 13.4. The predicted octanol–water partition coefficient (Wildman–Crippen LogP) is 2.69. The van der Waals surface area contributed by atoms with E-state index in [4.69, 9.17) is 0 Å². The summed E-state index contributed by atoms with van der Waals surface area (Å²) in [6, 6.07) is 14.8. The monoisotopic (exact) mass is 379 g/mol. The van der Waals surface area contributed by atoms with E-state index in [0.29, 0.717) is 23.2 Å². The number of imide groups is 1. The Morgan fingerprint density at radius 1 is 1.07 bits per heavy atom. The number of hydrogen-bond acceptors (Lipinski definition) is 4. The third-order valence-electron chi connectivity index (χ3n) is 4.83. The molecule has 1 atom stereocenters. The van der Waals surface area contributed by atoms with Gasteiger partial charge in [-0.25, -0.2) is 4.79 Å². The molecule has 0 spiro atoms. The average molecular weight is 379 g/mol. The molecule has 2 N–H and O–H groups in total. The van der Waals surface area contributed by atoms with Gasteiger partial charge in [0.2, 0.25) is 5.91 Å². The highest BCUT2D eigenvalue weighted by atomic mass is 16.2. The fourth-order valence-corrected chi connectivity index (χ4v) is 3.29. The lowest BCUT2D eigenvalue weighted by molar-refractivity contribution is -0.134. The number of carbonyl (C=O) groups is 4. The van der Waals surface area contributed by atoms with Gasteiger partial charge in [-0.3, -0.25) is 19.3 Å². The van der Waals surface area contributed by atoms with Crippen molar-refractivity contribution in [1.82, 2.24) is 10.2 Å². The Labute approximate surface area is 162 Å².